The van der Waals surface area contributed by atoms with Crippen molar-refractivity contribution in [3.05, 3.63) is 64.9 Å². The van der Waals surface area contributed by atoms with Gasteiger partial charge in [0.2, 0.25) is 11.9 Å². The molecule has 2 aromatic heterocycles. The first kappa shape index (κ1) is 26.2. The Morgan fingerprint density at radius 1 is 1.08 bits per heavy atom. The second kappa shape index (κ2) is 8.49. The van der Waals surface area contributed by atoms with Crippen LogP contribution in [0.4, 0.5) is 17.6 Å². The minimum absolute atomic E-state index is 0.0414. The number of aromatic nitrogens is 3. The summed E-state index contributed by atoms with van der Waals surface area (Å²) in [6, 6.07) is 5.29. The molecule has 7 nitrogen and oxygen atoms in total. The first-order valence-electron chi connectivity index (χ1n) is 12.9. The molecule has 2 atom stereocenters. The number of sulfone groups is 1. The second-order valence-electron chi connectivity index (χ2n) is 11.7. The third-order valence-electron chi connectivity index (χ3n) is 8.82. The Hall–Kier alpha value is -3.02. The molecule has 12 heteroatoms. The zero-order valence-corrected chi connectivity index (χ0v) is 22.3. The maximum absolute atomic E-state index is 14.4. The van der Waals surface area contributed by atoms with Crippen LogP contribution < -0.4 is 0 Å². The summed E-state index contributed by atoms with van der Waals surface area (Å²) in [7, 11) is -3.26. The van der Waals surface area contributed by atoms with Gasteiger partial charge in [0, 0.05) is 35.7 Å². The van der Waals surface area contributed by atoms with Gasteiger partial charge in [0.25, 0.3) is 0 Å². The van der Waals surface area contributed by atoms with Crippen LogP contribution in [0.5, 0.6) is 0 Å². The maximum atomic E-state index is 14.4. The second-order valence-corrected chi connectivity index (χ2v) is 14.0. The molecule has 6 rings (SSSR count). The summed E-state index contributed by atoms with van der Waals surface area (Å²) in [5.41, 5.74) is 1.39. The molecular formula is C27H28F4N4O3S. The molecule has 0 radical (unpaired) electrons. The van der Waals surface area contributed by atoms with Gasteiger partial charge in [-0.15, -0.1) is 5.10 Å². The van der Waals surface area contributed by atoms with Crippen molar-refractivity contribution in [1.82, 2.24) is 19.5 Å². The van der Waals surface area contributed by atoms with Crippen LogP contribution in [-0.2, 0) is 20.0 Å². The van der Waals surface area contributed by atoms with Gasteiger partial charge in [-0.3, -0.25) is 4.79 Å². The fourth-order valence-electron chi connectivity index (χ4n) is 6.81. The van der Waals surface area contributed by atoms with Crippen LogP contribution in [0.1, 0.15) is 73.9 Å². The number of fused-ring (bicyclic) bond motifs is 3. The van der Waals surface area contributed by atoms with E-state index in [0.29, 0.717) is 12.1 Å². The number of nitrogens with zero attached hydrogens (tertiary/aromatic N) is 4. The molecule has 3 aromatic rings. The third kappa shape index (κ3) is 4.22. The zero-order chi connectivity index (χ0) is 28.0. The largest absolute Gasteiger partial charge is 0.413 e. The molecular weight excluding hydrogens is 536 g/mol. The molecule has 208 valence electrons. The number of halogens is 4. The number of benzene rings is 1. The molecule has 0 N–H and O–H groups in total. The fourth-order valence-corrected chi connectivity index (χ4v) is 8.42. The lowest BCUT2D eigenvalue weighted by Gasteiger charge is -2.35. The van der Waals surface area contributed by atoms with E-state index in [9.17, 15) is 30.8 Å². The summed E-state index contributed by atoms with van der Waals surface area (Å²) in [5, 5.41) is 3.96. The lowest BCUT2D eigenvalue weighted by molar-refractivity contribution is -0.190. The number of likely N-dealkylation sites (tertiary alicyclic amines) is 1. The van der Waals surface area contributed by atoms with Crippen molar-refractivity contribution in [2.24, 2.45) is 5.41 Å². The van der Waals surface area contributed by atoms with E-state index < -0.39 is 39.3 Å². The van der Waals surface area contributed by atoms with Crippen LogP contribution in [-0.4, -0.2) is 58.0 Å². The van der Waals surface area contributed by atoms with Crippen LogP contribution in [0, 0.1) is 11.4 Å². The Morgan fingerprint density at radius 3 is 2.38 bits per heavy atom. The minimum Gasteiger partial charge on any atom is -0.326 e. The van der Waals surface area contributed by atoms with E-state index in [4.69, 9.17) is 0 Å². The maximum Gasteiger partial charge on any atom is 0.413 e. The van der Waals surface area contributed by atoms with E-state index in [1.807, 2.05) is 13.8 Å². The lowest BCUT2D eigenvalue weighted by atomic mass is 9.80. The van der Waals surface area contributed by atoms with Crippen molar-refractivity contribution in [2.75, 3.05) is 18.1 Å². The summed E-state index contributed by atoms with van der Waals surface area (Å²) < 4.78 is 82.4. The minimum atomic E-state index is -4.70. The molecule has 4 heterocycles. The normalized spacial score (nSPS) is 24.4. The predicted octanol–water partition coefficient (Wildman–Crippen LogP) is 4.71. The highest BCUT2D eigenvalue weighted by Gasteiger charge is 2.56. The molecule has 2 aliphatic heterocycles. The van der Waals surface area contributed by atoms with Gasteiger partial charge in [0.05, 0.1) is 22.6 Å². The molecule has 2 saturated heterocycles. The predicted molar refractivity (Wildman–Crippen MR) is 134 cm³/mol. The number of hydrogen-bond acceptors (Lipinski definition) is 5. The molecule has 0 unspecified atom stereocenters. The van der Waals surface area contributed by atoms with Crippen molar-refractivity contribution in [3.63, 3.8) is 0 Å². The number of amides is 1. The van der Waals surface area contributed by atoms with Gasteiger partial charge in [-0.1, -0.05) is 38.1 Å². The number of rotatable bonds is 3. The van der Waals surface area contributed by atoms with Crippen molar-refractivity contribution in [2.45, 2.75) is 63.1 Å². The summed E-state index contributed by atoms with van der Waals surface area (Å²) in [6.45, 7) is 3.96. The van der Waals surface area contributed by atoms with Gasteiger partial charge in [-0.25, -0.2) is 17.9 Å². The molecule has 1 spiro atoms. The molecule has 1 aliphatic carbocycles. The van der Waals surface area contributed by atoms with Crippen LogP contribution in [0.15, 0.2) is 36.5 Å². The third-order valence-corrected chi connectivity index (χ3v) is 10.5. The van der Waals surface area contributed by atoms with E-state index in [2.05, 4.69) is 10.1 Å². The SMILES string of the molecule is CC1(C)C[C@@H](c2ccc([C@@H](N3CCC4(CCS(=O)(=O)CC4)C3=O)C(F)(F)F)cc2)c2cnc3cc(F)nn3c21. The molecule has 1 amide bonds. The highest BCUT2D eigenvalue weighted by Crippen LogP contribution is 2.50. The van der Waals surface area contributed by atoms with E-state index >= 15 is 0 Å². The fraction of sp³-hybridized carbons (Fsp3) is 0.519. The highest BCUT2D eigenvalue weighted by atomic mass is 32.2. The Morgan fingerprint density at radius 2 is 1.74 bits per heavy atom. The van der Waals surface area contributed by atoms with Crippen LogP contribution in [0.3, 0.4) is 0 Å². The van der Waals surface area contributed by atoms with Gasteiger partial charge in [0.1, 0.15) is 9.84 Å². The topological polar surface area (TPSA) is 84.6 Å². The Kier molecular flexibility index (Phi) is 5.71. The monoisotopic (exact) mass is 564 g/mol. The van der Waals surface area contributed by atoms with Crippen molar-refractivity contribution < 1.29 is 30.8 Å². The van der Waals surface area contributed by atoms with Gasteiger partial charge in [0.15, 0.2) is 11.7 Å². The Labute approximate surface area is 223 Å². The van der Waals surface area contributed by atoms with E-state index in [-0.39, 0.29) is 54.2 Å². The Bertz CT molecular complexity index is 1570. The molecule has 1 aromatic carbocycles. The highest BCUT2D eigenvalue weighted by molar-refractivity contribution is 7.91. The van der Waals surface area contributed by atoms with Gasteiger partial charge in [-0.05, 0) is 36.8 Å². The van der Waals surface area contributed by atoms with Crippen LogP contribution in [0.2, 0.25) is 0 Å². The quantitative estimate of drug-likeness (QED) is 0.430. The van der Waals surface area contributed by atoms with E-state index in [0.717, 1.165) is 21.7 Å². The summed E-state index contributed by atoms with van der Waals surface area (Å²) in [5.74, 6) is -1.77. The van der Waals surface area contributed by atoms with Gasteiger partial charge < -0.3 is 4.90 Å². The van der Waals surface area contributed by atoms with Crippen LogP contribution in [0.25, 0.3) is 5.65 Å². The molecule has 3 aliphatic rings. The Balaban J connectivity index is 1.31. The van der Waals surface area contributed by atoms with E-state index in [1.54, 1.807) is 18.3 Å². The summed E-state index contributed by atoms with van der Waals surface area (Å²) >= 11 is 0. The number of carbonyl (C=O) groups excluding carboxylic acids is 1. The molecule has 0 bridgehead atoms. The van der Waals surface area contributed by atoms with Crippen LogP contribution >= 0.6 is 0 Å². The van der Waals surface area contributed by atoms with Crippen molar-refractivity contribution >= 4 is 21.4 Å². The van der Waals surface area contributed by atoms with Crippen molar-refractivity contribution in [3.8, 4) is 0 Å². The zero-order valence-electron chi connectivity index (χ0n) is 21.5. The number of hydrogen-bond donors (Lipinski definition) is 0. The van der Waals surface area contributed by atoms with E-state index in [1.165, 1.54) is 22.7 Å². The molecule has 2 fully saturated rings. The smallest absolute Gasteiger partial charge is 0.326 e. The molecule has 39 heavy (non-hydrogen) atoms. The standard InChI is InChI=1S/C27H28F4N4O3S/c1-25(2)14-18(19-15-32-21-13-20(28)33-35(21)23(19)25)16-3-5-17(6-4-16)22(27(29,30)31)34-10-7-26(24(34)36)8-11-39(37,38)12-9-26/h3-6,13,15,18,22H,7-12,14H2,1-2H3/t18-,22+/m0/s1. The molecule has 0 saturated carbocycles. The number of carbonyl (C=O) groups is 1. The van der Waals surface area contributed by atoms with Gasteiger partial charge >= 0.3 is 6.18 Å². The first-order valence-corrected chi connectivity index (χ1v) is 14.8. The summed E-state index contributed by atoms with van der Waals surface area (Å²) in [4.78, 5) is 18.6. The number of alkyl halides is 3. The average Bonchev–Trinajstić information content (AvgIpc) is 3.47. The lowest BCUT2D eigenvalue weighted by Crippen LogP contribution is -2.45. The average molecular weight is 565 g/mol. The van der Waals surface area contributed by atoms with Gasteiger partial charge in [-0.2, -0.15) is 17.6 Å². The van der Waals surface area contributed by atoms with Crippen molar-refractivity contribution in [1.29, 1.82) is 0 Å². The summed E-state index contributed by atoms with van der Waals surface area (Å²) in [6.07, 6.45) is -2.04. The first-order chi connectivity index (χ1) is 18.2.